The highest BCUT2D eigenvalue weighted by Gasteiger charge is 2.22. The molecule has 4 rings (SSSR count). The molecule has 3 aromatic carbocycles. The molecule has 0 radical (unpaired) electrons. The molecular weight excluding hydrogens is 347 g/mol. The molecule has 128 valence electrons. The van der Waals surface area contributed by atoms with Crippen molar-refractivity contribution in [3.63, 3.8) is 0 Å². The van der Waals surface area contributed by atoms with Crippen LogP contribution in [-0.2, 0) is 6.54 Å². The summed E-state index contributed by atoms with van der Waals surface area (Å²) < 4.78 is 14.8. The fourth-order valence-electron chi connectivity index (χ4n) is 2.75. The van der Waals surface area contributed by atoms with Gasteiger partial charge in [0.15, 0.2) is 5.13 Å². The van der Waals surface area contributed by atoms with Crippen molar-refractivity contribution in [2.75, 3.05) is 4.90 Å². The summed E-state index contributed by atoms with van der Waals surface area (Å²) in [5, 5.41) is 0.489. The number of nitrogens with zero attached hydrogens (tertiary/aromatic N) is 2. The largest absolute Gasteiger partial charge is 0.279 e. The molecule has 0 aliphatic rings. The van der Waals surface area contributed by atoms with Gasteiger partial charge in [0.2, 0.25) is 0 Å². The second-order valence-electron chi connectivity index (χ2n) is 5.83. The van der Waals surface area contributed by atoms with E-state index in [-0.39, 0.29) is 11.7 Å². The number of benzene rings is 3. The highest BCUT2D eigenvalue weighted by Crippen LogP contribution is 2.32. The number of rotatable bonds is 4. The summed E-state index contributed by atoms with van der Waals surface area (Å²) in [6.07, 6.45) is 0. The van der Waals surface area contributed by atoms with Gasteiger partial charge in [0.05, 0.1) is 11.2 Å². The minimum absolute atomic E-state index is 0.158. The smallest absolute Gasteiger partial charge is 0.260 e. The molecule has 1 aromatic heterocycles. The fraction of sp³-hybridized carbons (Fsp3) is 0.0476. The number of thiazole rings is 1. The van der Waals surface area contributed by atoms with E-state index in [1.54, 1.807) is 23.1 Å². The molecule has 0 bridgehead atoms. The summed E-state index contributed by atoms with van der Waals surface area (Å²) >= 11 is 1.32. The molecule has 0 aliphatic heterocycles. The Morgan fingerprint density at radius 1 is 0.923 bits per heavy atom. The third-order valence-electron chi connectivity index (χ3n) is 4.04. The molecule has 0 fully saturated rings. The Hall–Kier alpha value is -3.05. The molecule has 0 atom stereocenters. The maximum Gasteiger partial charge on any atom is 0.260 e. The van der Waals surface area contributed by atoms with Crippen molar-refractivity contribution in [2.45, 2.75) is 6.54 Å². The second kappa shape index (κ2) is 7.06. The number of amides is 1. The van der Waals surface area contributed by atoms with Gasteiger partial charge in [0, 0.05) is 5.56 Å². The Balaban J connectivity index is 1.78. The number of para-hydroxylation sites is 1. The average Bonchev–Trinajstić information content (AvgIpc) is 3.12. The van der Waals surface area contributed by atoms with Crippen LogP contribution >= 0.6 is 11.3 Å². The zero-order valence-corrected chi connectivity index (χ0v) is 14.6. The van der Waals surface area contributed by atoms with Gasteiger partial charge in [-0.2, -0.15) is 0 Å². The van der Waals surface area contributed by atoms with Crippen molar-refractivity contribution in [2.24, 2.45) is 0 Å². The molecule has 26 heavy (non-hydrogen) atoms. The van der Waals surface area contributed by atoms with Crippen molar-refractivity contribution < 1.29 is 9.18 Å². The molecule has 1 heterocycles. The van der Waals surface area contributed by atoms with Gasteiger partial charge in [-0.25, -0.2) is 9.37 Å². The normalized spacial score (nSPS) is 10.8. The van der Waals surface area contributed by atoms with Gasteiger partial charge < -0.3 is 0 Å². The Bertz CT molecular complexity index is 1050. The number of halogens is 1. The van der Waals surface area contributed by atoms with Crippen LogP contribution in [0.25, 0.3) is 10.2 Å². The zero-order chi connectivity index (χ0) is 17.9. The summed E-state index contributed by atoms with van der Waals surface area (Å²) in [4.78, 5) is 19.1. The summed E-state index contributed by atoms with van der Waals surface area (Å²) in [5.41, 5.74) is 1.85. The molecule has 0 unspecified atom stereocenters. The SMILES string of the molecule is O=C(c1ccccc1)N(Cc1ccccc1)c1nc2c(F)cccc2s1. The van der Waals surface area contributed by atoms with E-state index in [1.165, 1.54) is 17.4 Å². The summed E-state index contributed by atoms with van der Waals surface area (Å²) in [6, 6.07) is 23.6. The van der Waals surface area contributed by atoms with Gasteiger partial charge in [0.25, 0.3) is 5.91 Å². The molecule has 5 heteroatoms. The summed E-state index contributed by atoms with van der Waals surface area (Å²) in [7, 11) is 0. The van der Waals surface area contributed by atoms with E-state index in [9.17, 15) is 9.18 Å². The molecular formula is C21H15FN2OS. The van der Waals surface area contributed by atoms with E-state index in [1.807, 2.05) is 54.6 Å². The van der Waals surface area contributed by atoms with Crippen LogP contribution in [0.1, 0.15) is 15.9 Å². The number of hydrogen-bond acceptors (Lipinski definition) is 3. The van der Waals surface area contributed by atoms with Crippen molar-refractivity contribution in [3.8, 4) is 0 Å². The summed E-state index contributed by atoms with van der Waals surface area (Å²) in [6.45, 7) is 0.371. The first kappa shape index (κ1) is 16.4. The molecule has 4 aromatic rings. The van der Waals surface area contributed by atoms with Crippen LogP contribution in [0.2, 0.25) is 0 Å². The maximum absolute atomic E-state index is 14.1. The van der Waals surface area contributed by atoms with Gasteiger partial charge in [-0.1, -0.05) is 65.9 Å². The van der Waals surface area contributed by atoms with E-state index >= 15 is 0 Å². The predicted molar refractivity (Wildman–Crippen MR) is 103 cm³/mol. The lowest BCUT2D eigenvalue weighted by Crippen LogP contribution is -2.30. The van der Waals surface area contributed by atoms with E-state index < -0.39 is 0 Å². The highest BCUT2D eigenvalue weighted by molar-refractivity contribution is 7.22. The van der Waals surface area contributed by atoms with Crippen molar-refractivity contribution >= 4 is 32.6 Å². The fourth-order valence-corrected chi connectivity index (χ4v) is 3.73. The van der Waals surface area contributed by atoms with Crippen LogP contribution in [0.3, 0.4) is 0 Å². The lowest BCUT2D eigenvalue weighted by atomic mass is 10.1. The van der Waals surface area contributed by atoms with E-state index in [0.717, 1.165) is 10.3 Å². The zero-order valence-electron chi connectivity index (χ0n) is 13.8. The highest BCUT2D eigenvalue weighted by atomic mass is 32.1. The number of hydrogen-bond donors (Lipinski definition) is 0. The molecule has 0 N–H and O–H groups in total. The Labute approximate surface area is 154 Å². The summed E-state index contributed by atoms with van der Waals surface area (Å²) in [5.74, 6) is -0.536. The molecule has 1 amide bonds. The third kappa shape index (κ3) is 3.21. The van der Waals surface area contributed by atoms with Crippen molar-refractivity contribution in [3.05, 3.63) is 95.8 Å². The second-order valence-corrected chi connectivity index (χ2v) is 6.84. The average molecular weight is 362 g/mol. The van der Waals surface area contributed by atoms with E-state index in [2.05, 4.69) is 4.98 Å². The van der Waals surface area contributed by atoms with Crippen LogP contribution in [0, 0.1) is 5.82 Å². The van der Waals surface area contributed by atoms with Crippen LogP contribution in [-0.4, -0.2) is 10.9 Å². The number of carbonyl (C=O) groups excluding carboxylic acids is 1. The molecule has 3 nitrogen and oxygen atoms in total. The van der Waals surface area contributed by atoms with Gasteiger partial charge in [0.1, 0.15) is 11.3 Å². The quantitative estimate of drug-likeness (QED) is 0.495. The standard InChI is InChI=1S/C21H15FN2OS/c22-17-12-7-13-18-19(17)23-21(26-18)24(14-15-8-3-1-4-9-15)20(25)16-10-5-2-6-11-16/h1-13H,14H2. The van der Waals surface area contributed by atoms with Gasteiger partial charge >= 0.3 is 0 Å². The third-order valence-corrected chi connectivity index (χ3v) is 5.08. The van der Waals surface area contributed by atoms with Crippen LogP contribution in [0.4, 0.5) is 9.52 Å². The number of anilines is 1. The Morgan fingerprint density at radius 3 is 2.31 bits per heavy atom. The van der Waals surface area contributed by atoms with Gasteiger partial charge in [-0.3, -0.25) is 9.69 Å². The molecule has 0 aliphatic carbocycles. The van der Waals surface area contributed by atoms with Crippen LogP contribution in [0.5, 0.6) is 0 Å². The Morgan fingerprint density at radius 2 is 1.62 bits per heavy atom. The number of fused-ring (bicyclic) bond motifs is 1. The van der Waals surface area contributed by atoms with Gasteiger partial charge in [-0.05, 0) is 29.8 Å². The lowest BCUT2D eigenvalue weighted by molar-refractivity contribution is 0.0985. The predicted octanol–water partition coefficient (Wildman–Crippen LogP) is 5.28. The first-order chi connectivity index (χ1) is 12.7. The number of aromatic nitrogens is 1. The Kier molecular flexibility index (Phi) is 4.46. The molecule has 0 saturated heterocycles. The van der Waals surface area contributed by atoms with Gasteiger partial charge in [-0.15, -0.1) is 0 Å². The van der Waals surface area contributed by atoms with Crippen molar-refractivity contribution in [1.29, 1.82) is 0 Å². The van der Waals surface area contributed by atoms with Crippen LogP contribution < -0.4 is 4.90 Å². The minimum atomic E-state index is -0.378. The number of carbonyl (C=O) groups is 1. The minimum Gasteiger partial charge on any atom is -0.279 e. The van der Waals surface area contributed by atoms with E-state index in [0.29, 0.717) is 22.8 Å². The molecule has 0 spiro atoms. The van der Waals surface area contributed by atoms with Crippen LogP contribution in [0.15, 0.2) is 78.9 Å². The van der Waals surface area contributed by atoms with Crippen molar-refractivity contribution in [1.82, 2.24) is 4.98 Å². The molecule has 0 saturated carbocycles. The lowest BCUT2D eigenvalue weighted by Gasteiger charge is -2.20. The maximum atomic E-state index is 14.1. The first-order valence-corrected chi connectivity index (χ1v) is 9.00. The first-order valence-electron chi connectivity index (χ1n) is 8.18. The topological polar surface area (TPSA) is 33.2 Å². The van der Waals surface area contributed by atoms with E-state index in [4.69, 9.17) is 0 Å². The monoisotopic (exact) mass is 362 g/mol.